The van der Waals surface area contributed by atoms with Gasteiger partial charge in [0.25, 0.3) is 5.91 Å². The lowest BCUT2D eigenvalue weighted by Crippen LogP contribution is -2.36. The number of ether oxygens (including phenoxy) is 1. The van der Waals surface area contributed by atoms with E-state index in [1.807, 2.05) is 30.3 Å². The summed E-state index contributed by atoms with van der Waals surface area (Å²) < 4.78 is 5.41. The summed E-state index contributed by atoms with van der Waals surface area (Å²) in [6, 6.07) is 9.48. The molecule has 5 N–H and O–H groups in total. The number of nitrogens with two attached hydrogens (primary N) is 2. The molecule has 30 heavy (non-hydrogen) atoms. The van der Waals surface area contributed by atoms with Gasteiger partial charge in [-0.05, 0) is 11.6 Å². The van der Waals surface area contributed by atoms with Crippen LogP contribution in [0.3, 0.4) is 0 Å². The molecular weight excluding hydrogens is 382 g/mol. The maximum Gasteiger partial charge on any atom is 0.278 e. The summed E-state index contributed by atoms with van der Waals surface area (Å²) in [5, 5.41) is 2.88. The van der Waals surface area contributed by atoms with E-state index < -0.39 is 5.91 Å². The number of amides is 1. The van der Waals surface area contributed by atoms with Crippen molar-refractivity contribution in [1.82, 2.24) is 15.0 Å². The summed E-state index contributed by atoms with van der Waals surface area (Å²) in [5.41, 5.74) is 15.5. The Hall–Kier alpha value is -3.56. The van der Waals surface area contributed by atoms with Crippen molar-refractivity contribution >= 4 is 23.1 Å². The summed E-state index contributed by atoms with van der Waals surface area (Å²) in [4.78, 5) is 27.9. The van der Waals surface area contributed by atoms with Crippen molar-refractivity contribution in [1.29, 1.82) is 0 Å². The third-order valence-corrected chi connectivity index (χ3v) is 4.90. The van der Waals surface area contributed by atoms with E-state index in [1.54, 1.807) is 18.6 Å². The average molecular weight is 405 g/mol. The van der Waals surface area contributed by atoms with Crippen LogP contribution < -0.4 is 21.7 Å². The Morgan fingerprint density at radius 1 is 1.13 bits per heavy atom. The smallest absolute Gasteiger partial charge is 0.278 e. The number of pyridine rings is 1. The number of hydrogen-bond donors (Lipinski definition) is 3. The first-order valence-corrected chi connectivity index (χ1v) is 9.65. The summed E-state index contributed by atoms with van der Waals surface area (Å²) in [7, 11) is 0. The number of nitrogen functional groups attached to an aromatic ring is 1. The number of carbonyl (C=O) groups is 1. The van der Waals surface area contributed by atoms with Gasteiger partial charge in [0.1, 0.15) is 0 Å². The van der Waals surface area contributed by atoms with Crippen LogP contribution in [0.25, 0.3) is 11.3 Å². The normalized spacial score (nSPS) is 13.8. The molecule has 4 rings (SSSR count). The zero-order chi connectivity index (χ0) is 20.9. The Labute approximate surface area is 174 Å². The van der Waals surface area contributed by atoms with E-state index in [2.05, 4.69) is 25.2 Å². The number of nitrogens with zero attached hydrogens (tertiary/aromatic N) is 4. The first kappa shape index (κ1) is 19.7. The van der Waals surface area contributed by atoms with Crippen LogP contribution in [0.4, 0.5) is 17.2 Å². The highest BCUT2D eigenvalue weighted by molar-refractivity contribution is 6.07. The third-order valence-electron chi connectivity index (χ3n) is 4.90. The largest absolute Gasteiger partial charge is 0.382 e. The van der Waals surface area contributed by atoms with E-state index >= 15 is 0 Å². The molecule has 1 fully saturated rings. The van der Waals surface area contributed by atoms with Crippen molar-refractivity contribution in [2.75, 3.05) is 42.3 Å². The Kier molecular flexibility index (Phi) is 5.82. The van der Waals surface area contributed by atoms with Gasteiger partial charge in [-0.1, -0.05) is 24.3 Å². The molecule has 0 atom stereocenters. The Morgan fingerprint density at radius 3 is 2.63 bits per heavy atom. The third kappa shape index (κ3) is 4.22. The minimum atomic E-state index is -0.442. The van der Waals surface area contributed by atoms with Gasteiger partial charge in [-0.3, -0.25) is 9.78 Å². The van der Waals surface area contributed by atoms with E-state index in [4.69, 9.17) is 16.2 Å². The number of anilines is 3. The molecule has 3 heterocycles. The highest BCUT2D eigenvalue weighted by Gasteiger charge is 2.19. The fourth-order valence-electron chi connectivity index (χ4n) is 3.26. The summed E-state index contributed by atoms with van der Waals surface area (Å²) in [6.07, 6.45) is 4.86. The molecule has 9 nitrogen and oxygen atoms in total. The number of rotatable bonds is 5. The quantitative estimate of drug-likeness (QED) is 0.584. The van der Waals surface area contributed by atoms with E-state index in [0.717, 1.165) is 29.9 Å². The molecule has 154 valence electrons. The van der Waals surface area contributed by atoms with E-state index in [1.165, 1.54) is 0 Å². The first-order chi connectivity index (χ1) is 14.7. The van der Waals surface area contributed by atoms with Gasteiger partial charge in [0.15, 0.2) is 11.5 Å². The van der Waals surface area contributed by atoms with Gasteiger partial charge >= 0.3 is 0 Å². The molecule has 1 aliphatic rings. The Bertz CT molecular complexity index is 1030. The van der Waals surface area contributed by atoms with Crippen molar-refractivity contribution in [3.05, 3.63) is 60.2 Å². The van der Waals surface area contributed by atoms with Crippen LogP contribution in [0.2, 0.25) is 0 Å². The number of morpholine rings is 1. The van der Waals surface area contributed by atoms with Crippen LogP contribution in [0.1, 0.15) is 16.1 Å². The molecule has 2 aromatic heterocycles. The van der Waals surface area contributed by atoms with Crippen molar-refractivity contribution < 1.29 is 9.53 Å². The van der Waals surface area contributed by atoms with Gasteiger partial charge in [0.05, 0.1) is 42.7 Å². The molecule has 1 aromatic carbocycles. The number of hydrogen-bond acceptors (Lipinski definition) is 8. The van der Waals surface area contributed by atoms with Gasteiger partial charge < -0.3 is 26.4 Å². The van der Waals surface area contributed by atoms with Gasteiger partial charge in [0, 0.05) is 31.4 Å². The molecule has 0 saturated carbocycles. The molecule has 0 aliphatic carbocycles. The monoisotopic (exact) mass is 405 g/mol. The second kappa shape index (κ2) is 8.85. The van der Waals surface area contributed by atoms with Crippen LogP contribution in [-0.2, 0) is 11.3 Å². The topological polar surface area (TPSA) is 132 Å². The van der Waals surface area contributed by atoms with E-state index in [9.17, 15) is 4.79 Å². The maximum atomic E-state index is 13.0. The van der Waals surface area contributed by atoms with E-state index in [-0.39, 0.29) is 11.5 Å². The highest BCUT2D eigenvalue weighted by atomic mass is 16.5. The predicted octanol–water partition coefficient (Wildman–Crippen LogP) is 1.67. The number of benzene rings is 1. The molecule has 0 unspecified atom stereocenters. The lowest BCUT2D eigenvalue weighted by Gasteiger charge is -2.30. The van der Waals surface area contributed by atoms with Crippen molar-refractivity contribution in [2.45, 2.75) is 6.54 Å². The number of carbonyl (C=O) groups excluding carboxylic acids is 1. The highest BCUT2D eigenvalue weighted by Crippen LogP contribution is 2.26. The second-order valence-corrected chi connectivity index (χ2v) is 6.84. The van der Waals surface area contributed by atoms with Gasteiger partial charge in [-0.25, -0.2) is 9.97 Å². The predicted molar refractivity (Wildman–Crippen MR) is 115 cm³/mol. The molecule has 0 spiro atoms. The van der Waals surface area contributed by atoms with Crippen LogP contribution >= 0.6 is 0 Å². The van der Waals surface area contributed by atoms with Crippen LogP contribution in [0.5, 0.6) is 0 Å². The fraction of sp³-hybridized carbons (Fsp3) is 0.238. The Balaban J connectivity index is 1.59. The molecular formula is C21H23N7O2. The molecule has 1 aliphatic heterocycles. The average Bonchev–Trinajstić information content (AvgIpc) is 2.80. The lowest BCUT2D eigenvalue weighted by molar-refractivity contribution is 0.102. The number of aromatic nitrogens is 3. The molecule has 3 aromatic rings. The van der Waals surface area contributed by atoms with Crippen molar-refractivity contribution in [3.63, 3.8) is 0 Å². The molecule has 9 heteroatoms. The second-order valence-electron chi connectivity index (χ2n) is 6.84. The van der Waals surface area contributed by atoms with Crippen LogP contribution in [0.15, 0.2) is 48.9 Å². The standard InChI is InChI=1S/C21H23N7O2/c22-11-14-1-3-15(4-2-14)16-13-25-20(23)19(26-16)21(29)27-17-12-24-6-5-18(17)28-7-9-30-10-8-28/h1-6,12-13H,7-11,22H2,(H2,23,25)(H,27,29). The maximum absolute atomic E-state index is 13.0. The molecule has 1 saturated heterocycles. The summed E-state index contributed by atoms with van der Waals surface area (Å²) >= 11 is 0. The molecule has 0 radical (unpaired) electrons. The van der Waals surface area contributed by atoms with Gasteiger partial charge in [0.2, 0.25) is 0 Å². The Morgan fingerprint density at radius 2 is 1.90 bits per heavy atom. The zero-order valence-electron chi connectivity index (χ0n) is 16.4. The van der Waals surface area contributed by atoms with Gasteiger partial charge in [-0.2, -0.15) is 0 Å². The van der Waals surface area contributed by atoms with Crippen molar-refractivity contribution in [3.8, 4) is 11.3 Å². The van der Waals surface area contributed by atoms with Crippen molar-refractivity contribution in [2.24, 2.45) is 5.73 Å². The SMILES string of the molecule is NCc1ccc(-c2cnc(N)c(C(=O)Nc3cnccc3N3CCOCC3)n2)cc1. The summed E-state index contributed by atoms with van der Waals surface area (Å²) in [5.74, 6) is -0.380. The van der Waals surface area contributed by atoms with Crippen LogP contribution in [-0.4, -0.2) is 47.2 Å². The molecule has 0 bridgehead atoms. The van der Waals surface area contributed by atoms with Gasteiger partial charge in [-0.15, -0.1) is 0 Å². The fourth-order valence-corrected chi connectivity index (χ4v) is 3.26. The minimum absolute atomic E-state index is 0.0617. The number of nitrogens with one attached hydrogen (secondary N) is 1. The first-order valence-electron chi connectivity index (χ1n) is 9.65. The minimum Gasteiger partial charge on any atom is -0.382 e. The lowest BCUT2D eigenvalue weighted by atomic mass is 10.1. The summed E-state index contributed by atoms with van der Waals surface area (Å²) in [6.45, 7) is 3.21. The zero-order valence-corrected chi connectivity index (χ0v) is 16.4. The molecule has 1 amide bonds. The van der Waals surface area contributed by atoms with Crippen LogP contribution in [0, 0.1) is 0 Å². The van der Waals surface area contributed by atoms with E-state index in [0.29, 0.717) is 31.1 Å².